The lowest BCUT2D eigenvalue weighted by Crippen LogP contribution is -2.19. The zero-order valence-corrected chi connectivity index (χ0v) is 13.6. The van der Waals surface area contributed by atoms with E-state index in [1.165, 1.54) is 16.0 Å². The van der Waals surface area contributed by atoms with Gasteiger partial charge in [0.05, 0.1) is 0 Å². The molecule has 1 N–H and O–H groups in total. The summed E-state index contributed by atoms with van der Waals surface area (Å²) in [5.41, 5.74) is 2.73. The summed E-state index contributed by atoms with van der Waals surface area (Å²) < 4.78 is 1.13. The number of halogens is 1. The largest absolute Gasteiger partial charge is 0.312 e. The van der Waals surface area contributed by atoms with Crippen LogP contribution in [-0.4, -0.2) is 12.8 Å². The van der Waals surface area contributed by atoms with E-state index in [9.17, 15) is 0 Å². The van der Waals surface area contributed by atoms with Gasteiger partial charge >= 0.3 is 0 Å². The Kier molecular flexibility index (Phi) is 5.49. The van der Waals surface area contributed by atoms with Crippen LogP contribution >= 0.6 is 27.7 Å². The third-order valence-electron chi connectivity index (χ3n) is 3.14. The van der Waals surface area contributed by atoms with Crippen molar-refractivity contribution in [2.24, 2.45) is 0 Å². The van der Waals surface area contributed by atoms with E-state index in [1.807, 2.05) is 18.8 Å². The number of nitrogens with one attached hydrogen (secondary N) is 1. The highest BCUT2D eigenvalue weighted by Crippen LogP contribution is 2.27. The third-order valence-corrected chi connectivity index (χ3v) is 4.78. The van der Waals surface area contributed by atoms with Gasteiger partial charge in [-0.1, -0.05) is 40.2 Å². The molecule has 100 valence electrons. The van der Waals surface area contributed by atoms with Crippen LogP contribution in [0.2, 0.25) is 0 Å². The molecule has 3 heteroatoms. The molecule has 1 unspecified atom stereocenters. The smallest absolute Gasteiger partial charge is 0.0415 e. The van der Waals surface area contributed by atoms with Crippen LogP contribution in [0.25, 0.3) is 0 Å². The minimum absolute atomic E-state index is 0.384. The van der Waals surface area contributed by atoms with Gasteiger partial charge in [-0.3, -0.25) is 0 Å². The van der Waals surface area contributed by atoms with Gasteiger partial charge in [-0.2, -0.15) is 0 Å². The van der Waals surface area contributed by atoms with Crippen molar-refractivity contribution in [2.45, 2.75) is 17.9 Å². The summed E-state index contributed by atoms with van der Waals surface area (Å²) in [7, 11) is 2.03. The third kappa shape index (κ3) is 4.10. The maximum Gasteiger partial charge on any atom is 0.0415 e. The fourth-order valence-corrected chi connectivity index (χ4v) is 3.31. The molecule has 2 aromatic rings. The highest BCUT2D eigenvalue weighted by molar-refractivity contribution is 9.10. The molecule has 0 aliphatic rings. The van der Waals surface area contributed by atoms with Crippen LogP contribution in [0.3, 0.4) is 0 Å². The highest BCUT2D eigenvalue weighted by atomic mass is 79.9. The van der Waals surface area contributed by atoms with E-state index < -0.39 is 0 Å². The second kappa shape index (κ2) is 7.13. The van der Waals surface area contributed by atoms with Crippen molar-refractivity contribution >= 4 is 27.7 Å². The van der Waals surface area contributed by atoms with Crippen LogP contribution in [0.1, 0.15) is 17.2 Å². The molecule has 0 saturated heterocycles. The SMILES string of the molecule is CNC(CSc1ccc(Br)cc1)c1ccccc1C. The van der Waals surface area contributed by atoms with Crippen molar-refractivity contribution in [1.82, 2.24) is 5.32 Å². The molecule has 0 amide bonds. The Hall–Kier alpha value is -0.770. The number of benzene rings is 2. The molecule has 0 aromatic heterocycles. The van der Waals surface area contributed by atoms with E-state index in [4.69, 9.17) is 0 Å². The van der Waals surface area contributed by atoms with Gasteiger partial charge in [-0.15, -0.1) is 11.8 Å². The zero-order valence-electron chi connectivity index (χ0n) is 11.2. The second-order valence-corrected chi connectivity index (χ2v) is 6.47. The van der Waals surface area contributed by atoms with Crippen molar-refractivity contribution in [3.63, 3.8) is 0 Å². The van der Waals surface area contributed by atoms with Crippen LogP contribution in [0.5, 0.6) is 0 Å². The lowest BCUT2D eigenvalue weighted by atomic mass is 10.0. The summed E-state index contributed by atoms with van der Waals surface area (Å²) in [6.07, 6.45) is 0. The Morgan fingerprint density at radius 3 is 2.42 bits per heavy atom. The van der Waals surface area contributed by atoms with Crippen molar-refractivity contribution in [3.8, 4) is 0 Å². The lowest BCUT2D eigenvalue weighted by Gasteiger charge is -2.18. The van der Waals surface area contributed by atoms with Gasteiger partial charge in [0.1, 0.15) is 0 Å². The molecule has 0 saturated carbocycles. The molecular formula is C16H18BrNS. The summed E-state index contributed by atoms with van der Waals surface area (Å²) in [6, 6.07) is 17.4. The normalized spacial score (nSPS) is 12.4. The number of hydrogen-bond donors (Lipinski definition) is 1. The first-order valence-electron chi connectivity index (χ1n) is 6.32. The Balaban J connectivity index is 2.04. The Morgan fingerprint density at radius 1 is 1.11 bits per heavy atom. The van der Waals surface area contributed by atoms with Gasteiger partial charge in [0.15, 0.2) is 0 Å². The minimum atomic E-state index is 0.384. The topological polar surface area (TPSA) is 12.0 Å². The van der Waals surface area contributed by atoms with Gasteiger partial charge in [-0.05, 0) is 49.4 Å². The number of hydrogen-bond acceptors (Lipinski definition) is 2. The molecule has 1 nitrogen and oxygen atoms in total. The molecule has 0 aliphatic heterocycles. The molecule has 2 rings (SSSR count). The predicted octanol–water partition coefficient (Wildman–Crippen LogP) is 4.81. The number of thioether (sulfide) groups is 1. The molecule has 19 heavy (non-hydrogen) atoms. The molecular weight excluding hydrogens is 318 g/mol. The summed E-state index contributed by atoms with van der Waals surface area (Å²) >= 11 is 5.35. The summed E-state index contributed by atoms with van der Waals surface area (Å²) in [6.45, 7) is 2.17. The molecule has 2 aromatic carbocycles. The number of aryl methyl sites for hydroxylation is 1. The van der Waals surface area contributed by atoms with E-state index in [-0.39, 0.29) is 0 Å². The quantitative estimate of drug-likeness (QED) is 0.787. The van der Waals surface area contributed by atoms with Crippen LogP contribution in [0, 0.1) is 6.92 Å². The van der Waals surface area contributed by atoms with Gasteiger partial charge in [0.2, 0.25) is 0 Å². The molecule has 0 heterocycles. The Bertz CT molecular complexity index is 525. The monoisotopic (exact) mass is 335 g/mol. The minimum Gasteiger partial charge on any atom is -0.312 e. The molecule has 0 radical (unpaired) electrons. The summed E-state index contributed by atoms with van der Waals surface area (Å²) in [4.78, 5) is 1.30. The van der Waals surface area contributed by atoms with Crippen LogP contribution < -0.4 is 5.32 Å². The van der Waals surface area contributed by atoms with Crippen molar-refractivity contribution < 1.29 is 0 Å². The van der Waals surface area contributed by atoms with Gasteiger partial charge < -0.3 is 5.32 Å². The van der Waals surface area contributed by atoms with Crippen molar-refractivity contribution in [2.75, 3.05) is 12.8 Å². The number of rotatable bonds is 5. The first-order chi connectivity index (χ1) is 9.20. The first-order valence-corrected chi connectivity index (χ1v) is 8.09. The van der Waals surface area contributed by atoms with Crippen LogP contribution in [0.15, 0.2) is 57.9 Å². The Labute approximate surface area is 127 Å². The van der Waals surface area contributed by atoms with E-state index in [2.05, 4.69) is 76.7 Å². The molecule has 0 fully saturated rings. The predicted molar refractivity (Wildman–Crippen MR) is 87.8 cm³/mol. The van der Waals surface area contributed by atoms with E-state index in [0.717, 1.165) is 10.2 Å². The van der Waals surface area contributed by atoms with E-state index in [0.29, 0.717) is 6.04 Å². The highest BCUT2D eigenvalue weighted by Gasteiger charge is 2.11. The average Bonchev–Trinajstić information content (AvgIpc) is 2.43. The Morgan fingerprint density at radius 2 is 1.79 bits per heavy atom. The lowest BCUT2D eigenvalue weighted by molar-refractivity contribution is 0.658. The average molecular weight is 336 g/mol. The fourth-order valence-electron chi connectivity index (χ4n) is 2.02. The maximum absolute atomic E-state index is 3.46. The molecule has 0 aliphatic carbocycles. The van der Waals surface area contributed by atoms with E-state index >= 15 is 0 Å². The molecule has 0 spiro atoms. The van der Waals surface area contributed by atoms with E-state index in [1.54, 1.807) is 0 Å². The second-order valence-electron chi connectivity index (χ2n) is 4.46. The van der Waals surface area contributed by atoms with Gasteiger partial charge in [0.25, 0.3) is 0 Å². The maximum atomic E-state index is 3.46. The molecule has 0 bridgehead atoms. The molecule has 1 atom stereocenters. The summed E-state index contributed by atoms with van der Waals surface area (Å²) in [5, 5.41) is 3.41. The standard InChI is InChI=1S/C16H18BrNS/c1-12-5-3-4-6-15(12)16(18-2)11-19-14-9-7-13(17)8-10-14/h3-10,16,18H,11H2,1-2H3. The fraction of sp³-hybridized carbons (Fsp3) is 0.250. The van der Waals surface area contributed by atoms with Crippen LogP contribution in [-0.2, 0) is 0 Å². The van der Waals surface area contributed by atoms with Crippen molar-refractivity contribution in [3.05, 3.63) is 64.1 Å². The first kappa shape index (κ1) is 14.6. The van der Waals surface area contributed by atoms with Gasteiger partial charge in [-0.25, -0.2) is 0 Å². The zero-order chi connectivity index (χ0) is 13.7. The summed E-state index contributed by atoms with van der Waals surface area (Å²) in [5.74, 6) is 1.03. The van der Waals surface area contributed by atoms with Crippen LogP contribution in [0.4, 0.5) is 0 Å². The van der Waals surface area contributed by atoms with Crippen molar-refractivity contribution in [1.29, 1.82) is 0 Å². The van der Waals surface area contributed by atoms with Gasteiger partial charge in [0, 0.05) is 21.2 Å².